The second-order valence-corrected chi connectivity index (χ2v) is 17.3. The molecule has 67 heavy (non-hydrogen) atoms. The zero-order valence-corrected chi connectivity index (χ0v) is 39.0. The number of hydrogen-bond acceptors (Lipinski definition) is 14. The number of nitrogens with zero attached hydrogens (tertiary/aromatic N) is 6. The highest BCUT2D eigenvalue weighted by molar-refractivity contribution is 6.62. The molecule has 6 aromatic rings. The summed E-state index contributed by atoms with van der Waals surface area (Å²) in [5.41, 5.74) is 5.22. The number of carbonyl (C=O) groups excluding carboxylic acids is 2. The summed E-state index contributed by atoms with van der Waals surface area (Å²) in [6.07, 6.45) is 2.91. The maximum absolute atomic E-state index is 14.7. The fourth-order valence-corrected chi connectivity index (χ4v) is 7.87. The predicted molar refractivity (Wildman–Crippen MR) is 257 cm³/mol. The molecule has 0 bridgehead atoms. The van der Waals surface area contributed by atoms with Gasteiger partial charge >= 0.3 is 19.1 Å². The van der Waals surface area contributed by atoms with Crippen LogP contribution in [0.15, 0.2) is 73.3 Å². The van der Waals surface area contributed by atoms with Gasteiger partial charge in [-0.15, -0.1) is 0 Å². The average Bonchev–Trinajstić information content (AvgIpc) is 3.54. The molecule has 2 aromatic heterocycles. The molecule has 354 valence electrons. The summed E-state index contributed by atoms with van der Waals surface area (Å²) >= 11 is 6.01. The molecule has 5 heterocycles. The Kier molecular flexibility index (Phi) is 16.2. The topological polar surface area (TPSA) is 148 Å². The number of halogens is 3. The lowest BCUT2D eigenvalue weighted by molar-refractivity contribution is 0.00578. The molecule has 0 spiro atoms. The van der Waals surface area contributed by atoms with Crippen LogP contribution in [0.5, 0.6) is 0 Å². The van der Waals surface area contributed by atoms with Crippen molar-refractivity contribution >= 4 is 69.3 Å². The first-order valence-corrected chi connectivity index (χ1v) is 21.8. The number of benzene rings is 4. The van der Waals surface area contributed by atoms with E-state index in [1.807, 2.05) is 58.0 Å². The van der Waals surface area contributed by atoms with Gasteiger partial charge in [-0.25, -0.2) is 38.3 Å². The van der Waals surface area contributed by atoms with Crippen molar-refractivity contribution in [2.75, 3.05) is 76.6 Å². The van der Waals surface area contributed by atoms with Gasteiger partial charge in [0.15, 0.2) is 0 Å². The summed E-state index contributed by atoms with van der Waals surface area (Å²) in [6.45, 7) is 17.3. The van der Waals surface area contributed by atoms with Gasteiger partial charge in [-0.2, -0.15) is 0 Å². The van der Waals surface area contributed by atoms with E-state index in [-0.39, 0.29) is 18.5 Å². The molecule has 0 unspecified atom stereocenters. The first-order valence-electron chi connectivity index (χ1n) is 21.4. The molecule has 0 N–H and O–H groups in total. The zero-order valence-electron chi connectivity index (χ0n) is 38.2. The molecule has 3 saturated heterocycles. The SMILES string of the molecule is C.COC(=O)c1cc(-c2ncnc3cc(N4CCOCC4)ccc23)c(F)cc1C.COC(=O)c1cc(B2OC(C)(C)C(C)(C)O2)c(F)cc1C.Clc1ncnc2cc(N3CCOCC3)ccc12. The van der Waals surface area contributed by atoms with E-state index in [9.17, 15) is 18.4 Å². The maximum Gasteiger partial charge on any atom is 0.497 e. The molecule has 0 aliphatic carbocycles. The monoisotopic (exact) mass is 940 g/mol. The summed E-state index contributed by atoms with van der Waals surface area (Å²) < 4.78 is 60.9. The van der Waals surface area contributed by atoms with Gasteiger partial charge in [0.25, 0.3) is 0 Å². The minimum atomic E-state index is -0.848. The summed E-state index contributed by atoms with van der Waals surface area (Å²) in [4.78, 5) is 45.2. The lowest BCUT2D eigenvalue weighted by Gasteiger charge is -2.32. The fraction of sp³-hybridized carbons (Fsp3) is 0.388. The molecule has 0 amide bonds. The Morgan fingerprint density at radius 2 is 1.12 bits per heavy atom. The summed E-state index contributed by atoms with van der Waals surface area (Å²) in [7, 11) is 1.75. The predicted octanol–water partition coefficient (Wildman–Crippen LogP) is 8.34. The number of rotatable bonds is 6. The van der Waals surface area contributed by atoms with Gasteiger partial charge in [0.2, 0.25) is 0 Å². The number of morpholine rings is 2. The van der Waals surface area contributed by atoms with E-state index in [0.717, 1.165) is 67.1 Å². The zero-order chi connectivity index (χ0) is 47.3. The Labute approximate surface area is 395 Å². The Bertz CT molecular complexity index is 2740. The second kappa shape index (κ2) is 21.4. The van der Waals surface area contributed by atoms with Crippen LogP contribution >= 0.6 is 11.6 Å². The third-order valence-electron chi connectivity index (χ3n) is 12.2. The first kappa shape index (κ1) is 50.6. The van der Waals surface area contributed by atoms with Crippen molar-refractivity contribution in [3.63, 3.8) is 0 Å². The molecule has 9 rings (SSSR count). The highest BCUT2D eigenvalue weighted by Gasteiger charge is 2.52. The number of ether oxygens (including phenoxy) is 4. The molecule has 0 saturated carbocycles. The van der Waals surface area contributed by atoms with Gasteiger partial charge in [-0.3, -0.25) is 0 Å². The van der Waals surface area contributed by atoms with Gasteiger partial charge in [0, 0.05) is 59.4 Å². The summed E-state index contributed by atoms with van der Waals surface area (Å²) in [5, 5.41) is 2.12. The van der Waals surface area contributed by atoms with E-state index in [1.54, 1.807) is 13.8 Å². The van der Waals surface area contributed by atoms with Crippen molar-refractivity contribution in [3.8, 4) is 11.3 Å². The normalized spacial score (nSPS) is 16.3. The number of fused-ring (bicyclic) bond motifs is 2. The number of hydrogen-bond donors (Lipinski definition) is 0. The molecule has 4 aromatic carbocycles. The molecule has 0 radical (unpaired) electrons. The fourth-order valence-electron chi connectivity index (χ4n) is 7.66. The molecular formula is C49H56BClF2N6O8. The molecule has 14 nitrogen and oxygen atoms in total. The number of carbonyl (C=O) groups is 2. The van der Waals surface area contributed by atoms with Crippen molar-refractivity contribution in [2.45, 2.75) is 60.2 Å². The number of methoxy groups -OCH3 is 2. The molecule has 0 atom stereocenters. The van der Waals surface area contributed by atoms with Crippen molar-refractivity contribution in [2.24, 2.45) is 0 Å². The van der Waals surface area contributed by atoms with Crippen molar-refractivity contribution < 1.29 is 46.6 Å². The lowest BCUT2D eigenvalue weighted by Crippen LogP contribution is -2.41. The van der Waals surface area contributed by atoms with Gasteiger partial charge in [0.05, 0.1) is 79.7 Å². The van der Waals surface area contributed by atoms with Gasteiger partial charge in [-0.05, 0) is 113 Å². The second-order valence-electron chi connectivity index (χ2n) is 16.9. The van der Waals surface area contributed by atoms with Gasteiger partial charge < -0.3 is 38.1 Å². The van der Waals surface area contributed by atoms with Crippen LogP contribution in [0.25, 0.3) is 33.1 Å². The number of aryl methyl sites for hydroxylation is 2. The van der Waals surface area contributed by atoms with Crippen LogP contribution in [0.1, 0.15) is 67.0 Å². The molecular weight excluding hydrogens is 885 g/mol. The first-order chi connectivity index (χ1) is 31.5. The van der Waals surface area contributed by atoms with Crippen molar-refractivity contribution in [1.29, 1.82) is 0 Å². The Balaban J connectivity index is 0.000000170. The van der Waals surface area contributed by atoms with Crippen molar-refractivity contribution in [1.82, 2.24) is 19.9 Å². The minimum Gasteiger partial charge on any atom is -0.465 e. The molecule has 3 aliphatic heterocycles. The Morgan fingerprint density at radius 1 is 0.657 bits per heavy atom. The quantitative estimate of drug-likeness (QED) is 0.0895. The number of aromatic nitrogens is 4. The van der Waals surface area contributed by atoms with Crippen LogP contribution in [0.3, 0.4) is 0 Å². The average molecular weight is 941 g/mol. The van der Waals surface area contributed by atoms with E-state index in [4.69, 9.17) is 39.9 Å². The van der Waals surface area contributed by atoms with E-state index in [0.29, 0.717) is 51.8 Å². The number of esters is 2. The van der Waals surface area contributed by atoms with Crippen LogP contribution in [0.2, 0.25) is 5.15 Å². The maximum atomic E-state index is 14.7. The van der Waals surface area contributed by atoms with Crippen molar-refractivity contribution in [3.05, 3.63) is 112 Å². The van der Waals surface area contributed by atoms with Crippen LogP contribution < -0.4 is 15.3 Å². The van der Waals surface area contributed by atoms with E-state index < -0.39 is 41.9 Å². The Hall–Kier alpha value is -5.85. The third-order valence-corrected chi connectivity index (χ3v) is 12.5. The Morgan fingerprint density at radius 3 is 1.64 bits per heavy atom. The largest absolute Gasteiger partial charge is 0.497 e. The standard InChI is InChI=1S/C21H20FN3O3.C15H20BFO4.C12H12ClN3O.CH4/c1-13-9-18(22)17(11-16(13)21(26)27-2)20-15-4-3-14(10-19(15)23-12-24-20)25-5-7-28-8-6-25;1-9-7-12(17)11(8-10(9)13(18)19-6)16-20-14(2,3)15(4,5)21-16;13-12-10-2-1-9(7-11(10)14-8-15-12)16-3-5-17-6-4-16;/h3-4,9-12H,5-8H2,1-2H3;7-8H,1-6H3;1-2,7-8H,3-6H2;1H4. The molecule has 3 aliphatic rings. The van der Waals surface area contributed by atoms with Crippen LogP contribution in [0.4, 0.5) is 20.2 Å². The van der Waals surface area contributed by atoms with E-state index in [2.05, 4.69) is 35.8 Å². The van der Waals surface area contributed by atoms with E-state index >= 15 is 0 Å². The van der Waals surface area contributed by atoms with Gasteiger partial charge in [-0.1, -0.05) is 19.0 Å². The molecule has 3 fully saturated rings. The third kappa shape index (κ3) is 11.1. The van der Waals surface area contributed by atoms with Gasteiger partial charge in [0.1, 0.15) is 29.4 Å². The minimum absolute atomic E-state index is 0. The smallest absolute Gasteiger partial charge is 0.465 e. The molecule has 18 heteroatoms. The highest BCUT2D eigenvalue weighted by Crippen LogP contribution is 2.37. The lowest BCUT2D eigenvalue weighted by atomic mass is 9.77. The van der Waals surface area contributed by atoms with Crippen LogP contribution in [0, 0.1) is 25.5 Å². The summed E-state index contributed by atoms with van der Waals surface area (Å²) in [5.74, 6) is -1.92. The van der Waals surface area contributed by atoms with Crippen LogP contribution in [-0.2, 0) is 28.3 Å². The van der Waals surface area contributed by atoms with E-state index in [1.165, 1.54) is 51.1 Å². The van der Waals surface area contributed by atoms with Crippen LogP contribution in [-0.4, -0.2) is 117 Å². The number of anilines is 2. The highest BCUT2D eigenvalue weighted by atomic mass is 35.5. The summed E-state index contributed by atoms with van der Waals surface area (Å²) in [6, 6.07) is 17.5.